The second-order valence-electron chi connectivity index (χ2n) is 36.7. The first-order valence-electron chi connectivity index (χ1n) is 47.7. The van der Waals surface area contributed by atoms with Crippen LogP contribution in [0.2, 0.25) is 0 Å². The van der Waals surface area contributed by atoms with E-state index in [0.717, 1.165) is 51.4 Å². The minimum absolute atomic E-state index is 0.0247. The minimum Gasteiger partial charge on any atom is -0.508 e. The predicted octanol–water partition coefficient (Wildman–Crippen LogP) is 9.14. The van der Waals surface area contributed by atoms with Crippen LogP contribution in [0.1, 0.15) is 223 Å². The number of carbonyl (C=O) groups is 13. The van der Waals surface area contributed by atoms with Crippen molar-refractivity contribution in [3.05, 3.63) is 144 Å². The van der Waals surface area contributed by atoms with E-state index in [4.69, 9.17) is 18.5 Å². The fraction of sp³-hybridized carbons (Fsp3) is 0.610. The highest BCUT2D eigenvalue weighted by Gasteiger charge is 2.43. The fourth-order valence-electron chi connectivity index (χ4n) is 16.9. The van der Waals surface area contributed by atoms with E-state index < -0.39 is 163 Å². The number of aldehydes is 1. The van der Waals surface area contributed by atoms with Gasteiger partial charge in [-0.3, -0.25) is 67.3 Å². The molecule has 6 aliphatic rings. The monoisotopic (exact) mass is 1910 g/mol. The number of aliphatic hydroxyl groups excluding tert-OH is 4. The number of nitrogens with one attached hydrogen (secondary N) is 6. The first kappa shape index (κ1) is 114. The summed E-state index contributed by atoms with van der Waals surface area (Å²) in [6.07, 6.45) is 25.2. The Kier molecular flexibility index (Phi) is 48.6. The highest BCUT2D eigenvalue weighted by Crippen LogP contribution is 2.48. The van der Waals surface area contributed by atoms with Crippen molar-refractivity contribution in [1.29, 1.82) is 0 Å². The lowest BCUT2D eigenvalue weighted by Crippen LogP contribution is -2.62. The SMILES string of the molecule is CC(=O)CC[C@H]1C(=O)N[C@@H](C(C)C)C(=O)N[C@@H](Cc2cccc(O)c2)C(=O)N2CCCC(N2)C(=O)O[C@H](/C(C)=C/C=C/C(=O)N(C)C2CCCCC2)C/C=C/C=C/[C@H](O)[C@H](C)[C@H]1O.CC(=O)CC[C@H]1C(=O)N[C@@H](C(C)C)C(=O)N[C@@H](Cc2cccc(O)c2)C(=O)N2CCCC(N2)C(=O)O[C@H](/C(C)=C/C=O)C/C=C/C=C/[C@H](O)[C@H](C)[C@H]1O.CCOP(=O)(CC(=O)N(C)C1CCCCC1)OCC. The molecule has 2 aromatic rings. The van der Waals surface area contributed by atoms with Crippen molar-refractivity contribution in [1.82, 2.24) is 51.9 Å². The number of rotatable bonds is 25. The number of allylic oxidation sites excluding steroid dienone is 7. The number of benzene rings is 2. The second kappa shape index (κ2) is 57.8. The number of cyclic esters (lactones) is 2. The summed E-state index contributed by atoms with van der Waals surface area (Å²) in [5, 5.41) is 78.9. The summed E-state index contributed by atoms with van der Waals surface area (Å²) in [5.74, 6) is -11.0. The number of hydrazine groups is 2. The number of fused-ring (bicyclic) bond motifs is 4. The number of amides is 8. The van der Waals surface area contributed by atoms with E-state index in [1.54, 1.807) is 159 Å². The Morgan fingerprint density at radius 3 is 1.32 bits per heavy atom. The van der Waals surface area contributed by atoms with Gasteiger partial charge in [-0.2, -0.15) is 0 Å². The van der Waals surface area contributed by atoms with Crippen LogP contribution in [-0.2, 0) is 98.3 Å². The number of aromatic hydroxyl groups is 2. The highest BCUT2D eigenvalue weighted by atomic mass is 31.2. The minimum atomic E-state index is -3.27. The number of likely N-dealkylation sites (N-methyl/N-ethyl adjacent to an activating group) is 1. The van der Waals surface area contributed by atoms with Crippen LogP contribution in [0.15, 0.2) is 133 Å². The molecule has 2 aromatic carbocycles. The van der Waals surface area contributed by atoms with Crippen LogP contribution in [0.5, 0.6) is 11.5 Å². The lowest BCUT2D eigenvalue weighted by atomic mass is 9.84. The molecule has 34 nitrogen and oxygen atoms in total. The molecule has 4 heterocycles. The number of nitrogens with zero attached hydrogens (tertiary/aromatic N) is 4. The average Bonchev–Trinajstić information content (AvgIpc) is 0.817. The van der Waals surface area contributed by atoms with Gasteiger partial charge < -0.3 is 89.8 Å². The molecule has 8 amide bonds. The molecule has 16 atom stereocenters. The Hall–Kier alpha value is -10.2. The lowest BCUT2D eigenvalue weighted by Gasteiger charge is -2.36. The van der Waals surface area contributed by atoms with Crippen molar-refractivity contribution in [2.24, 2.45) is 35.5 Å². The van der Waals surface area contributed by atoms with E-state index in [0.29, 0.717) is 54.2 Å². The molecular formula is C100H149N10O24P. The molecule has 35 heteroatoms. The quantitative estimate of drug-likeness (QED) is 0.0145. The third-order valence-corrected chi connectivity index (χ3v) is 27.4. The van der Waals surface area contributed by atoms with Crippen LogP contribution < -0.4 is 32.1 Å². The number of carbonyl (C=O) groups excluding carboxylic acids is 13. The summed E-state index contributed by atoms with van der Waals surface area (Å²) in [6, 6.07) is 6.34. The largest absolute Gasteiger partial charge is 0.508 e. The molecule has 12 N–H and O–H groups in total. The number of ketones is 2. The van der Waals surface area contributed by atoms with Crippen molar-refractivity contribution in [2.45, 2.75) is 309 Å². The van der Waals surface area contributed by atoms with Crippen molar-refractivity contribution in [2.75, 3.05) is 46.6 Å². The molecule has 2 saturated carbocycles. The molecule has 4 fully saturated rings. The van der Waals surface area contributed by atoms with Crippen LogP contribution in [0, 0.1) is 35.5 Å². The van der Waals surface area contributed by atoms with Gasteiger partial charge in [0.05, 0.1) is 49.5 Å². The molecule has 2 saturated heterocycles. The van der Waals surface area contributed by atoms with E-state index in [2.05, 4.69) is 32.1 Å². The van der Waals surface area contributed by atoms with Gasteiger partial charge >= 0.3 is 19.5 Å². The molecule has 0 spiro atoms. The predicted molar refractivity (Wildman–Crippen MR) is 509 cm³/mol. The second-order valence-corrected chi connectivity index (χ2v) is 38.8. The summed E-state index contributed by atoms with van der Waals surface area (Å²) in [5.41, 5.74) is 8.18. The van der Waals surface area contributed by atoms with E-state index in [9.17, 15) is 97.5 Å². The highest BCUT2D eigenvalue weighted by molar-refractivity contribution is 7.54. The molecule has 4 aliphatic heterocycles. The average molecular weight is 1910 g/mol. The van der Waals surface area contributed by atoms with Crippen LogP contribution >= 0.6 is 7.60 Å². The van der Waals surface area contributed by atoms with Crippen molar-refractivity contribution < 1.29 is 116 Å². The molecule has 135 heavy (non-hydrogen) atoms. The lowest BCUT2D eigenvalue weighted by molar-refractivity contribution is -0.157. The molecule has 8 rings (SSSR count). The molecule has 2 aliphatic carbocycles. The van der Waals surface area contributed by atoms with Gasteiger partial charge in [0.1, 0.15) is 84.0 Å². The summed E-state index contributed by atoms with van der Waals surface area (Å²) in [4.78, 5) is 176. The Morgan fingerprint density at radius 2 is 0.941 bits per heavy atom. The maximum Gasteiger partial charge on any atom is 0.340 e. The number of hydrogen-bond donors (Lipinski definition) is 12. The molecule has 0 radical (unpaired) electrons. The Labute approximate surface area is 795 Å². The van der Waals surface area contributed by atoms with Crippen molar-refractivity contribution >= 4 is 84.6 Å². The summed E-state index contributed by atoms with van der Waals surface area (Å²) in [7, 11) is 0.335. The Bertz CT molecular complexity index is 4530. The third-order valence-electron chi connectivity index (χ3n) is 25.4. The number of phenols is 2. The molecule has 4 bridgehead atoms. The molecule has 0 aromatic heterocycles. The van der Waals surface area contributed by atoms with Gasteiger partial charge in [0.2, 0.25) is 35.4 Å². The number of Topliss-reactive ketones (excluding diaryl/α,β-unsaturated/α-hetero) is 2. The number of hydrogen-bond acceptors (Lipinski definition) is 26. The van der Waals surface area contributed by atoms with Gasteiger partial charge in [0.15, 0.2) is 0 Å². The smallest absolute Gasteiger partial charge is 0.340 e. The maximum absolute atomic E-state index is 14.4. The topological polar surface area (TPSA) is 482 Å². The van der Waals surface area contributed by atoms with Gasteiger partial charge in [-0.1, -0.05) is 165 Å². The van der Waals surface area contributed by atoms with Gasteiger partial charge in [-0.15, -0.1) is 0 Å². The first-order chi connectivity index (χ1) is 64.1. The Morgan fingerprint density at radius 1 is 0.541 bits per heavy atom. The van der Waals surface area contributed by atoms with Gasteiger partial charge in [-0.25, -0.2) is 10.9 Å². The van der Waals surface area contributed by atoms with E-state index in [-0.39, 0.29) is 131 Å². The van der Waals surface area contributed by atoms with E-state index in [1.165, 1.54) is 85.3 Å². The van der Waals surface area contributed by atoms with Gasteiger partial charge in [0, 0.05) is 95.7 Å². The van der Waals surface area contributed by atoms with Gasteiger partial charge in [0.25, 0.3) is 11.8 Å². The van der Waals surface area contributed by atoms with Crippen LogP contribution in [-0.4, -0.2) is 259 Å². The summed E-state index contributed by atoms with van der Waals surface area (Å²) in [6.45, 7) is 20.7. The third kappa shape index (κ3) is 37.4. The zero-order valence-corrected chi connectivity index (χ0v) is 81.9. The standard InChI is InChI=1S/C48H69N5O10.C39H54N4O10.C13H26NO4P/c1-30(2)43-46(60)49-39(29-34-17-14-20-36(55)28-34)47(61)53-27-15-21-38(51-53)48(62)63-41(31(3)16-13-24-42(57)52(6)35-18-9-7-10-19-35)23-12-8-11-22-40(56)33(5)44(58)37(45(59)50-43)26-25-32(4)54;1-23(2)34-37(50)40-31(22-27-11-9-12-28(46)21-27)38(51)43-19-10-13-30(42-43)39(52)53-33(24(3)18-20-44)15-8-6-7-14-32(47)26(5)35(48)29(36(49)41-34)17-16-25(4)45;1-4-17-19(16,18-5-2)11-13(15)14(3)12-9-7-6-8-10-12/h8,11-14,16-17,20,22,24,28,30,33,35,37-41,43-44,51,55-56,58H,7,9-10,15,18-19,21,23,25-27,29H2,1-6H3,(H,49,60)(H,50,59);6-9,11-12,14,18,20-21,23,26,29-35,42,46-48H,10,13,15-17,19,22H2,1-5H3,(H,40,50)(H,41,49);12H,4-11H2,1-3H3/b12-8+,22-11+,24-13+,31-16+;8-6+,14-7+,24-18+;/t33-,37+,38?,39-,40-,41-,43-,44+;26-,29+,30?,31-,32-,33-,34-,35+;/m00./s1. The van der Waals surface area contributed by atoms with Crippen LogP contribution in [0.3, 0.4) is 0 Å². The molecular weight excluding hydrogens is 1760 g/mol. The number of esters is 2. The van der Waals surface area contributed by atoms with Crippen molar-refractivity contribution in [3.63, 3.8) is 0 Å². The maximum atomic E-state index is 14.4. The fourth-order valence-corrected chi connectivity index (χ4v) is 18.5. The zero-order chi connectivity index (χ0) is 99.8. The summed E-state index contributed by atoms with van der Waals surface area (Å²) < 4.78 is 34.6. The normalized spacial score (nSPS) is 27.7. The zero-order valence-electron chi connectivity index (χ0n) is 81.0. The summed E-state index contributed by atoms with van der Waals surface area (Å²) >= 11 is 0. The molecule has 748 valence electrons. The van der Waals surface area contributed by atoms with E-state index >= 15 is 0 Å². The number of phenolic OH excluding ortho intramolecular Hbond substituents is 2. The Balaban J connectivity index is 0.000000350. The van der Waals surface area contributed by atoms with E-state index in [1.807, 2.05) is 7.05 Å². The van der Waals surface area contributed by atoms with Crippen LogP contribution in [0.25, 0.3) is 0 Å². The van der Waals surface area contributed by atoms with Crippen molar-refractivity contribution in [3.8, 4) is 11.5 Å². The van der Waals surface area contributed by atoms with Crippen LogP contribution in [0.4, 0.5) is 0 Å². The van der Waals surface area contributed by atoms with Gasteiger partial charge in [-0.05, 0) is 170 Å². The first-order valence-corrected chi connectivity index (χ1v) is 49.4. The molecule has 2 unspecified atom stereocenters. The number of aliphatic hydroxyl groups is 4. The number of ether oxygens (including phenoxy) is 2.